The normalized spacial score (nSPS) is 14.4. The van der Waals surface area contributed by atoms with Crippen molar-refractivity contribution in [2.45, 2.75) is 13.3 Å². The molecule has 35 heavy (non-hydrogen) atoms. The largest absolute Gasteiger partial charge is 0.493 e. The van der Waals surface area contributed by atoms with Gasteiger partial charge in [-0.2, -0.15) is 0 Å². The number of thiocarbonyl (C=S) groups is 1. The zero-order valence-corrected chi connectivity index (χ0v) is 21.7. The van der Waals surface area contributed by atoms with E-state index in [1.54, 1.807) is 36.4 Å². The van der Waals surface area contributed by atoms with E-state index in [0.717, 1.165) is 17.3 Å². The van der Waals surface area contributed by atoms with Crippen LogP contribution in [0.4, 0.5) is 5.69 Å². The van der Waals surface area contributed by atoms with Crippen LogP contribution in [0.2, 0.25) is 10.0 Å². The van der Waals surface area contributed by atoms with Crippen LogP contribution >= 0.6 is 47.2 Å². The molecule has 12 heteroatoms. The number of ether oxygens (including phenoxy) is 2. The van der Waals surface area contributed by atoms with Crippen molar-refractivity contribution in [2.24, 2.45) is 0 Å². The first-order chi connectivity index (χ1) is 16.6. The summed E-state index contributed by atoms with van der Waals surface area (Å²) in [6.45, 7) is 1.52. The number of nitrogens with zero attached hydrogens (tertiary/aromatic N) is 1. The maximum absolute atomic E-state index is 12.6. The Kier molecular flexibility index (Phi) is 9.01. The summed E-state index contributed by atoms with van der Waals surface area (Å²) in [7, 11) is 1.42. The predicted octanol–water partition coefficient (Wildman–Crippen LogP) is 5.00. The molecule has 0 saturated carbocycles. The minimum absolute atomic E-state index is 0.00888. The second-order valence-electron chi connectivity index (χ2n) is 7.31. The zero-order valence-electron chi connectivity index (χ0n) is 18.6. The maximum Gasteiger partial charge on any atom is 0.305 e. The van der Waals surface area contributed by atoms with Gasteiger partial charge in [-0.25, -0.2) is 0 Å². The van der Waals surface area contributed by atoms with E-state index in [0.29, 0.717) is 21.2 Å². The number of carbonyl (C=O) groups excluding carboxylic acids is 2. The van der Waals surface area contributed by atoms with Crippen LogP contribution in [0, 0.1) is 6.92 Å². The van der Waals surface area contributed by atoms with E-state index in [2.05, 4.69) is 5.32 Å². The number of carboxylic acid groups (broad SMARTS) is 1. The smallest absolute Gasteiger partial charge is 0.305 e. The number of hydrogen-bond acceptors (Lipinski definition) is 7. The SMILES string of the molecule is COc1cc(/C=C2\SC(=S)N(CCC(=O)O)C2=O)cc(Cl)c1OCC(=O)Nc1ccc(C)c(Cl)c1. The highest BCUT2D eigenvalue weighted by Crippen LogP contribution is 2.39. The minimum atomic E-state index is -1.02. The van der Waals surface area contributed by atoms with E-state index in [4.69, 9.17) is 50.0 Å². The number of benzene rings is 2. The molecule has 0 aromatic heterocycles. The molecule has 184 valence electrons. The fourth-order valence-corrected chi connectivity index (χ4v) is 4.78. The Balaban J connectivity index is 1.71. The van der Waals surface area contributed by atoms with Gasteiger partial charge >= 0.3 is 5.97 Å². The zero-order chi connectivity index (χ0) is 25.7. The third kappa shape index (κ3) is 6.88. The first-order valence-corrected chi connectivity index (χ1v) is 12.1. The summed E-state index contributed by atoms with van der Waals surface area (Å²) in [5.41, 5.74) is 1.96. The number of anilines is 1. The number of rotatable bonds is 9. The third-order valence-corrected chi connectivity index (χ3v) is 6.84. The highest BCUT2D eigenvalue weighted by molar-refractivity contribution is 8.26. The standard InChI is InChI=1S/C23H20Cl2N2O6S2/c1-12-3-4-14(10-15(12)24)26-19(28)11-33-21-16(25)7-13(8-17(21)32-2)9-18-22(31)27(23(34)35-18)6-5-20(29)30/h3-4,7-10H,5-6,11H2,1-2H3,(H,26,28)(H,29,30)/b18-9-. The second kappa shape index (κ2) is 11.8. The van der Waals surface area contributed by atoms with Crippen LogP contribution in [0.5, 0.6) is 11.5 Å². The van der Waals surface area contributed by atoms with Crippen molar-refractivity contribution in [1.82, 2.24) is 4.90 Å². The van der Waals surface area contributed by atoms with Crippen molar-refractivity contribution in [3.8, 4) is 11.5 Å². The number of amides is 2. The highest BCUT2D eigenvalue weighted by Gasteiger charge is 2.32. The molecule has 0 atom stereocenters. The lowest BCUT2D eigenvalue weighted by Gasteiger charge is -2.14. The van der Waals surface area contributed by atoms with Gasteiger partial charge in [0.25, 0.3) is 11.8 Å². The Morgan fingerprint density at radius 2 is 1.97 bits per heavy atom. The summed E-state index contributed by atoms with van der Waals surface area (Å²) in [6, 6.07) is 8.31. The van der Waals surface area contributed by atoms with Crippen LogP contribution in [0.1, 0.15) is 17.5 Å². The minimum Gasteiger partial charge on any atom is -0.493 e. The van der Waals surface area contributed by atoms with E-state index in [1.807, 2.05) is 6.92 Å². The highest BCUT2D eigenvalue weighted by atomic mass is 35.5. The fourth-order valence-electron chi connectivity index (χ4n) is 3.02. The number of methoxy groups -OCH3 is 1. The Morgan fingerprint density at radius 3 is 2.63 bits per heavy atom. The van der Waals surface area contributed by atoms with Crippen molar-refractivity contribution < 1.29 is 29.0 Å². The lowest BCUT2D eigenvalue weighted by molar-refractivity contribution is -0.137. The average Bonchev–Trinajstić information content (AvgIpc) is 3.05. The molecule has 1 aliphatic rings. The molecule has 1 fully saturated rings. The van der Waals surface area contributed by atoms with Crippen molar-refractivity contribution in [2.75, 3.05) is 25.6 Å². The maximum atomic E-state index is 12.6. The molecule has 8 nitrogen and oxygen atoms in total. The molecule has 2 aromatic carbocycles. The Hall–Kier alpha value is -2.79. The van der Waals surface area contributed by atoms with Gasteiger partial charge in [-0.3, -0.25) is 19.3 Å². The van der Waals surface area contributed by atoms with Gasteiger partial charge in [0, 0.05) is 17.3 Å². The molecule has 2 amide bonds. The molecule has 1 heterocycles. The molecule has 3 rings (SSSR count). The van der Waals surface area contributed by atoms with Gasteiger partial charge in [-0.05, 0) is 48.4 Å². The van der Waals surface area contributed by atoms with Crippen LogP contribution in [-0.2, 0) is 14.4 Å². The fraction of sp³-hybridized carbons (Fsp3) is 0.217. The van der Waals surface area contributed by atoms with Gasteiger partial charge in [0.2, 0.25) is 0 Å². The second-order valence-corrected chi connectivity index (χ2v) is 9.80. The van der Waals surface area contributed by atoms with E-state index in [9.17, 15) is 14.4 Å². The molecule has 2 aromatic rings. The molecule has 0 bridgehead atoms. The topological polar surface area (TPSA) is 105 Å². The predicted molar refractivity (Wildman–Crippen MR) is 140 cm³/mol. The average molecular weight is 555 g/mol. The summed E-state index contributed by atoms with van der Waals surface area (Å²) < 4.78 is 11.2. The van der Waals surface area contributed by atoms with Crippen LogP contribution < -0.4 is 14.8 Å². The number of nitrogens with one attached hydrogen (secondary N) is 1. The number of aliphatic carboxylic acids is 1. The number of halogens is 2. The van der Waals surface area contributed by atoms with Crippen LogP contribution in [-0.4, -0.2) is 52.4 Å². The van der Waals surface area contributed by atoms with Gasteiger partial charge in [0.05, 0.1) is 23.5 Å². The number of aryl methyl sites for hydroxylation is 1. The summed E-state index contributed by atoms with van der Waals surface area (Å²) in [6.07, 6.45) is 1.36. The quantitative estimate of drug-likeness (QED) is 0.329. The van der Waals surface area contributed by atoms with Crippen molar-refractivity contribution in [1.29, 1.82) is 0 Å². The van der Waals surface area contributed by atoms with E-state index in [-0.39, 0.29) is 46.3 Å². The molecular weight excluding hydrogens is 535 g/mol. The molecular formula is C23H20Cl2N2O6S2. The molecule has 1 aliphatic heterocycles. The van der Waals surface area contributed by atoms with Crippen molar-refractivity contribution >= 4 is 81.0 Å². The van der Waals surface area contributed by atoms with E-state index < -0.39 is 11.9 Å². The van der Waals surface area contributed by atoms with Gasteiger partial charge in [0.15, 0.2) is 18.1 Å². The van der Waals surface area contributed by atoms with Crippen LogP contribution in [0.3, 0.4) is 0 Å². The summed E-state index contributed by atoms with van der Waals surface area (Å²) in [5.74, 6) is -1.40. The summed E-state index contributed by atoms with van der Waals surface area (Å²) in [5, 5.41) is 12.3. The van der Waals surface area contributed by atoms with E-state index >= 15 is 0 Å². The lowest BCUT2D eigenvalue weighted by Crippen LogP contribution is -2.30. The molecule has 0 radical (unpaired) electrons. The van der Waals surface area contributed by atoms with Crippen molar-refractivity contribution in [3.05, 3.63) is 56.4 Å². The first-order valence-electron chi connectivity index (χ1n) is 10.1. The molecule has 0 spiro atoms. The van der Waals surface area contributed by atoms with Gasteiger partial charge in [-0.1, -0.05) is 53.2 Å². The van der Waals surface area contributed by atoms with Gasteiger partial charge in [0.1, 0.15) is 4.32 Å². The molecule has 1 saturated heterocycles. The lowest BCUT2D eigenvalue weighted by atomic mass is 10.1. The summed E-state index contributed by atoms with van der Waals surface area (Å²) >= 11 is 18.7. The number of thioether (sulfide) groups is 1. The van der Waals surface area contributed by atoms with Gasteiger partial charge in [-0.15, -0.1) is 0 Å². The number of hydrogen-bond donors (Lipinski definition) is 2. The van der Waals surface area contributed by atoms with E-state index in [1.165, 1.54) is 12.0 Å². The number of carbonyl (C=O) groups is 3. The third-order valence-electron chi connectivity index (χ3n) is 4.78. The number of carboxylic acids is 1. The molecule has 2 N–H and O–H groups in total. The Labute approximate surface area is 221 Å². The monoisotopic (exact) mass is 554 g/mol. The van der Waals surface area contributed by atoms with Gasteiger partial charge < -0.3 is 19.9 Å². The van der Waals surface area contributed by atoms with Crippen LogP contribution in [0.25, 0.3) is 6.08 Å². The van der Waals surface area contributed by atoms with Crippen LogP contribution in [0.15, 0.2) is 35.2 Å². The Bertz CT molecular complexity index is 1230. The Morgan fingerprint density at radius 1 is 1.23 bits per heavy atom. The molecule has 0 unspecified atom stereocenters. The summed E-state index contributed by atoms with van der Waals surface area (Å²) in [4.78, 5) is 37.3. The van der Waals surface area contributed by atoms with Crippen molar-refractivity contribution in [3.63, 3.8) is 0 Å². The first kappa shape index (κ1) is 26.8. The molecule has 0 aliphatic carbocycles.